The SMILES string of the molecule is NC(=O)N[C@H](CC(=O)Nc1ccccc1OC1CCCC1)c1cccs1. The minimum atomic E-state index is -0.652. The Morgan fingerprint density at radius 2 is 1.96 bits per heavy atom. The van der Waals surface area contributed by atoms with E-state index < -0.39 is 12.1 Å². The number of nitrogens with one attached hydrogen (secondary N) is 2. The lowest BCUT2D eigenvalue weighted by molar-refractivity contribution is -0.116. The summed E-state index contributed by atoms with van der Waals surface area (Å²) in [4.78, 5) is 24.7. The number of hydrogen-bond donors (Lipinski definition) is 3. The molecule has 4 N–H and O–H groups in total. The lowest BCUT2D eigenvalue weighted by Crippen LogP contribution is -2.34. The van der Waals surface area contributed by atoms with Gasteiger partial charge < -0.3 is 21.1 Å². The number of ether oxygens (including phenoxy) is 1. The van der Waals surface area contributed by atoms with E-state index in [0.29, 0.717) is 11.4 Å². The molecular formula is C19H23N3O3S. The average molecular weight is 373 g/mol. The van der Waals surface area contributed by atoms with Crippen molar-refractivity contribution in [2.45, 2.75) is 44.2 Å². The predicted octanol–water partition coefficient (Wildman–Crippen LogP) is 3.81. The molecule has 1 aliphatic rings. The second kappa shape index (κ2) is 8.71. The molecule has 1 heterocycles. The second-order valence-electron chi connectivity index (χ2n) is 6.35. The van der Waals surface area contributed by atoms with Crippen LogP contribution in [0.2, 0.25) is 0 Å². The molecule has 6 nitrogen and oxygen atoms in total. The number of urea groups is 1. The van der Waals surface area contributed by atoms with Crippen LogP contribution in [0, 0.1) is 0 Å². The zero-order valence-electron chi connectivity index (χ0n) is 14.4. The first-order valence-corrected chi connectivity index (χ1v) is 9.64. The van der Waals surface area contributed by atoms with Crippen molar-refractivity contribution >= 4 is 29.0 Å². The number of carbonyl (C=O) groups excluding carboxylic acids is 2. The molecule has 3 amide bonds. The Kier molecular flexibility index (Phi) is 6.12. The van der Waals surface area contributed by atoms with Crippen LogP contribution in [0.3, 0.4) is 0 Å². The van der Waals surface area contributed by atoms with E-state index in [0.717, 1.165) is 17.7 Å². The molecule has 138 valence electrons. The maximum Gasteiger partial charge on any atom is 0.312 e. The minimum Gasteiger partial charge on any atom is -0.488 e. The normalized spacial score (nSPS) is 15.4. The van der Waals surface area contributed by atoms with E-state index in [1.54, 1.807) is 0 Å². The van der Waals surface area contributed by atoms with Crippen molar-refractivity contribution in [3.63, 3.8) is 0 Å². The molecule has 0 bridgehead atoms. The van der Waals surface area contributed by atoms with Gasteiger partial charge in [0.25, 0.3) is 0 Å². The number of primary amides is 1. The van der Waals surface area contributed by atoms with Gasteiger partial charge in [-0.25, -0.2) is 4.79 Å². The fourth-order valence-electron chi connectivity index (χ4n) is 3.13. The highest BCUT2D eigenvalue weighted by Gasteiger charge is 2.21. The van der Waals surface area contributed by atoms with Crippen LogP contribution < -0.4 is 21.1 Å². The molecule has 7 heteroatoms. The van der Waals surface area contributed by atoms with Gasteiger partial charge in [-0.3, -0.25) is 4.79 Å². The quantitative estimate of drug-likeness (QED) is 0.689. The summed E-state index contributed by atoms with van der Waals surface area (Å²) < 4.78 is 6.05. The molecule has 2 aromatic rings. The van der Waals surface area contributed by atoms with Crippen LogP contribution in [-0.4, -0.2) is 18.0 Å². The maximum absolute atomic E-state index is 12.5. The molecule has 0 unspecified atom stereocenters. The Morgan fingerprint density at radius 1 is 1.19 bits per heavy atom. The largest absolute Gasteiger partial charge is 0.488 e. The second-order valence-corrected chi connectivity index (χ2v) is 7.33. The Hall–Kier alpha value is -2.54. The molecule has 1 saturated carbocycles. The summed E-state index contributed by atoms with van der Waals surface area (Å²) in [6.45, 7) is 0. The number of hydrogen-bond acceptors (Lipinski definition) is 4. The Balaban J connectivity index is 1.66. The minimum absolute atomic E-state index is 0.0984. The topological polar surface area (TPSA) is 93.5 Å². The van der Waals surface area contributed by atoms with Crippen LogP contribution in [0.5, 0.6) is 5.75 Å². The predicted molar refractivity (Wildman–Crippen MR) is 102 cm³/mol. The highest BCUT2D eigenvalue weighted by atomic mass is 32.1. The van der Waals surface area contributed by atoms with Gasteiger partial charge in [0, 0.05) is 4.88 Å². The number of anilines is 1. The van der Waals surface area contributed by atoms with Crippen molar-refractivity contribution in [1.29, 1.82) is 0 Å². The van der Waals surface area contributed by atoms with Crippen molar-refractivity contribution in [2.75, 3.05) is 5.32 Å². The number of carbonyl (C=O) groups is 2. The molecule has 1 aliphatic carbocycles. The van der Waals surface area contributed by atoms with Crippen molar-refractivity contribution in [3.05, 3.63) is 46.7 Å². The summed E-state index contributed by atoms with van der Waals surface area (Å²) in [5.41, 5.74) is 5.89. The lowest BCUT2D eigenvalue weighted by atomic mass is 10.1. The Morgan fingerprint density at radius 3 is 2.65 bits per heavy atom. The molecule has 1 aromatic carbocycles. The molecule has 26 heavy (non-hydrogen) atoms. The van der Waals surface area contributed by atoms with Gasteiger partial charge in [-0.05, 0) is 49.3 Å². The third kappa shape index (κ3) is 4.98. The van der Waals surface area contributed by atoms with Gasteiger partial charge in [-0.15, -0.1) is 11.3 Å². The summed E-state index contributed by atoms with van der Waals surface area (Å²) in [6, 6.07) is 10.1. The zero-order chi connectivity index (χ0) is 18.4. The summed E-state index contributed by atoms with van der Waals surface area (Å²) in [7, 11) is 0. The van der Waals surface area contributed by atoms with Crippen LogP contribution in [0.15, 0.2) is 41.8 Å². The van der Waals surface area contributed by atoms with Gasteiger partial charge in [0.2, 0.25) is 5.91 Å². The van der Waals surface area contributed by atoms with Crippen molar-refractivity contribution < 1.29 is 14.3 Å². The molecule has 1 fully saturated rings. The van der Waals surface area contributed by atoms with E-state index in [1.165, 1.54) is 24.2 Å². The van der Waals surface area contributed by atoms with Crippen LogP contribution in [-0.2, 0) is 4.79 Å². The molecule has 0 saturated heterocycles. The molecule has 1 aromatic heterocycles. The van der Waals surface area contributed by atoms with E-state index in [-0.39, 0.29) is 18.4 Å². The first-order chi connectivity index (χ1) is 12.6. The molecule has 3 rings (SSSR count). The van der Waals surface area contributed by atoms with Crippen LogP contribution in [0.4, 0.5) is 10.5 Å². The van der Waals surface area contributed by atoms with Gasteiger partial charge >= 0.3 is 6.03 Å². The van der Waals surface area contributed by atoms with Gasteiger partial charge in [0.15, 0.2) is 0 Å². The van der Waals surface area contributed by atoms with Gasteiger partial charge in [0.1, 0.15) is 5.75 Å². The molecular weight excluding hydrogens is 350 g/mol. The van der Waals surface area contributed by atoms with Crippen molar-refractivity contribution in [2.24, 2.45) is 5.73 Å². The van der Waals surface area contributed by atoms with E-state index in [9.17, 15) is 9.59 Å². The summed E-state index contributed by atoms with van der Waals surface area (Å²) >= 11 is 1.47. The van der Waals surface area contributed by atoms with Crippen LogP contribution in [0.1, 0.15) is 43.0 Å². The van der Waals surface area contributed by atoms with Crippen molar-refractivity contribution in [3.8, 4) is 5.75 Å². The van der Waals surface area contributed by atoms with E-state index in [1.807, 2.05) is 41.8 Å². The summed E-state index contributed by atoms with van der Waals surface area (Å²) in [6.07, 6.45) is 4.77. The molecule has 0 radical (unpaired) electrons. The highest BCUT2D eigenvalue weighted by Crippen LogP contribution is 2.30. The standard InChI is InChI=1S/C19H23N3O3S/c20-19(24)22-15(17-10-5-11-26-17)12-18(23)21-14-8-3-4-9-16(14)25-13-6-1-2-7-13/h3-5,8-11,13,15H,1-2,6-7,12H2,(H,21,23)(H3,20,22,24)/t15-/m1/s1. The summed E-state index contributed by atoms with van der Waals surface area (Å²) in [5, 5.41) is 7.42. The van der Waals surface area contributed by atoms with Crippen molar-refractivity contribution in [1.82, 2.24) is 5.32 Å². The number of rotatable bonds is 7. The first kappa shape index (κ1) is 18.3. The van der Waals surface area contributed by atoms with E-state index in [2.05, 4.69) is 10.6 Å². The third-order valence-electron chi connectivity index (χ3n) is 4.35. The van der Waals surface area contributed by atoms with Crippen LogP contribution in [0.25, 0.3) is 0 Å². The smallest absolute Gasteiger partial charge is 0.312 e. The van der Waals surface area contributed by atoms with E-state index in [4.69, 9.17) is 10.5 Å². The first-order valence-electron chi connectivity index (χ1n) is 8.76. The van der Waals surface area contributed by atoms with Gasteiger partial charge in [-0.1, -0.05) is 18.2 Å². The van der Waals surface area contributed by atoms with Gasteiger partial charge in [0.05, 0.1) is 24.3 Å². The molecule has 0 spiro atoms. The number of thiophene rings is 1. The maximum atomic E-state index is 12.5. The van der Waals surface area contributed by atoms with E-state index >= 15 is 0 Å². The zero-order valence-corrected chi connectivity index (χ0v) is 15.3. The van der Waals surface area contributed by atoms with Gasteiger partial charge in [-0.2, -0.15) is 0 Å². The molecule has 0 aliphatic heterocycles. The molecule has 1 atom stereocenters. The Bertz CT molecular complexity index is 742. The number of para-hydroxylation sites is 2. The number of benzene rings is 1. The monoisotopic (exact) mass is 373 g/mol. The lowest BCUT2D eigenvalue weighted by Gasteiger charge is -2.19. The highest BCUT2D eigenvalue weighted by molar-refractivity contribution is 7.10. The number of amides is 3. The fraction of sp³-hybridized carbons (Fsp3) is 0.368. The average Bonchev–Trinajstić information content (AvgIpc) is 3.29. The van der Waals surface area contributed by atoms with Crippen LogP contribution >= 0.6 is 11.3 Å². The summed E-state index contributed by atoms with van der Waals surface area (Å²) in [5.74, 6) is 0.475. The number of nitrogens with two attached hydrogens (primary N) is 1. The third-order valence-corrected chi connectivity index (χ3v) is 5.34. The fourth-order valence-corrected chi connectivity index (χ4v) is 3.91. The Labute approximate surface area is 156 Å².